The summed E-state index contributed by atoms with van der Waals surface area (Å²) >= 11 is 0. The molecule has 1 aromatic carbocycles. The molecule has 4 N–H and O–H groups in total. The van der Waals surface area contributed by atoms with Crippen molar-refractivity contribution < 1.29 is 18.3 Å². The van der Waals surface area contributed by atoms with Crippen molar-refractivity contribution in [1.82, 2.24) is 0 Å². The van der Waals surface area contributed by atoms with Crippen LogP contribution in [0, 0.1) is 5.92 Å². The molecule has 0 aromatic heterocycles. The lowest BCUT2D eigenvalue weighted by Gasteiger charge is -2.17. The van der Waals surface area contributed by atoms with Gasteiger partial charge in [-0.15, -0.1) is 0 Å². The first-order chi connectivity index (χ1) is 8.88. The second-order valence-electron chi connectivity index (χ2n) is 4.47. The lowest BCUT2D eigenvalue weighted by molar-refractivity contribution is -0.136. The molecule has 0 aliphatic rings. The Bertz CT molecular complexity index is 407. The molecule has 0 saturated carbocycles. The molecule has 6 heteroatoms. The highest BCUT2D eigenvalue weighted by Crippen LogP contribution is 2.35. The van der Waals surface area contributed by atoms with E-state index in [-0.39, 0.29) is 18.2 Å². The van der Waals surface area contributed by atoms with Crippen molar-refractivity contribution >= 4 is 11.4 Å². The molecule has 0 bridgehead atoms. The van der Waals surface area contributed by atoms with Crippen molar-refractivity contribution in [2.24, 2.45) is 5.92 Å². The predicted octanol–water partition coefficient (Wildman–Crippen LogP) is 3.11. The monoisotopic (exact) mass is 276 g/mol. The Morgan fingerprint density at radius 2 is 2.05 bits per heavy atom. The van der Waals surface area contributed by atoms with Crippen molar-refractivity contribution in [2.45, 2.75) is 25.9 Å². The van der Waals surface area contributed by atoms with E-state index in [1.54, 1.807) is 0 Å². The summed E-state index contributed by atoms with van der Waals surface area (Å²) in [4.78, 5) is 0. The summed E-state index contributed by atoms with van der Waals surface area (Å²) in [5.74, 6) is 0.233. The normalized spacial score (nSPS) is 13.3. The molecular formula is C13H19F3N2O. The van der Waals surface area contributed by atoms with Gasteiger partial charge >= 0.3 is 6.18 Å². The topological polar surface area (TPSA) is 58.3 Å². The molecule has 1 atom stereocenters. The average Bonchev–Trinajstić information content (AvgIpc) is 2.34. The van der Waals surface area contributed by atoms with Crippen molar-refractivity contribution in [3.8, 4) is 0 Å². The molecule has 0 aliphatic carbocycles. The first kappa shape index (κ1) is 15.6. The molecule has 19 heavy (non-hydrogen) atoms. The van der Waals surface area contributed by atoms with Gasteiger partial charge in [0, 0.05) is 24.5 Å². The maximum atomic E-state index is 12.7. The number of benzene rings is 1. The van der Waals surface area contributed by atoms with E-state index < -0.39 is 11.7 Å². The van der Waals surface area contributed by atoms with Gasteiger partial charge in [0.2, 0.25) is 0 Å². The van der Waals surface area contributed by atoms with Crippen LogP contribution in [-0.4, -0.2) is 18.3 Å². The van der Waals surface area contributed by atoms with Crippen LogP contribution in [0.1, 0.15) is 25.3 Å². The largest absolute Gasteiger partial charge is 0.418 e. The highest BCUT2D eigenvalue weighted by atomic mass is 19.4. The number of aliphatic hydroxyl groups is 1. The van der Waals surface area contributed by atoms with Crippen molar-refractivity contribution in [3.05, 3.63) is 23.8 Å². The van der Waals surface area contributed by atoms with Crippen molar-refractivity contribution in [3.63, 3.8) is 0 Å². The van der Waals surface area contributed by atoms with E-state index in [1.807, 2.05) is 6.92 Å². The number of nitrogen functional groups attached to an aromatic ring is 1. The maximum absolute atomic E-state index is 12.7. The van der Waals surface area contributed by atoms with Gasteiger partial charge in [-0.2, -0.15) is 13.2 Å². The van der Waals surface area contributed by atoms with Crippen LogP contribution in [-0.2, 0) is 6.18 Å². The molecular weight excluding hydrogens is 257 g/mol. The number of alkyl halides is 3. The SMILES string of the molecule is CCC(CCO)CNc1ccc(N)c(C(F)(F)F)c1. The van der Waals surface area contributed by atoms with Gasteiger partial charge in [0.15, 0.2) is 0 Å². The summed E-state index contributed by atoms with van der Waals surface area (Å²) in [5.41, 5.74) is 4.61. The summed E-state index contributed by atoms with van der Waals surface area (Å²) in [7, 11) is 0. The van der Waals surface area contributed by atoms with E-state index >= 15 is 0 Å². The van der Waals surface area contributed by atoms with E-state index in [4.69, 9.17) is 10.8 Å². The van der Waals surface area contributed by atoms with Crippen LogP contribution in [0.25, 0.3) is 0 Å². The van der Waals surface area contributed by atoms with E-state index in [1.165, 1.54) is 12.1 Å². The summed E-state index contributed by atoms with van der Waals surface area (Å²) in [6, 6.07) is 3.79. The average molecular weight is 276 g/mol. The molecule has 0 aliphatic heterocycles. The lowest BCUT2D eigenvalue weighted by Crippen LogP contribution is -2.16. The molecule has 1 unspecified atom stereocenters. The number of anilines is 2. The molecule has 0 spiro atoms. The summed E-state index contributed by atoms with van der Waals surface area (Å²) in [6.45, 7) is 2.58. The molecule has 0 fully saturated rings. The second-order valence-corrected chi connectivity index (χ2v) is 4.47. The Morgan fingerprint density at radius 1 is 1.37 bits per heavy atom. The molecule has 1 aromatic rings. The van der Waals surface area contributed by atoms with Crippen molar-refractivity contribution in [2.75, 3.05) is 24.2 Å². The van der Waals surface area contributed by atoms with Crippen LogP contribution in [0.4, 0.5) is 24.5 Å². The van der Waals surface area contributed by atoms with Gasteiger partial charge in [0.1, 0.15) is 0 Å². The molecule has 1 rings (SSSR count). The number of hydrogen-bond donors (Lipinski definition) is 3. The zero-order valence-corrected chi connectivity index (χ0v) is 10.8. The highest BCUT2D eigenvalue weighted by molar-refractivity contribution is 5.58. The summed E-state index contributed by atoms with van der Waals surface area (Å²) in [5, 5.41) is 11.8. The molecule has 3 nitrogen and oxygen atoms in total. The lowest BCUT2D eigenvalue weighted by atomic mass is 10.0. The second kappa shape index (κ2) is 6.65. The molecule has 0 saturated heterocycles. The van der Waals surface area contributed by atoms with Gasteiger partial charge in [-0.05, 0) is 30.5 Å². The highest BCUT2D eigenvalue weighted by Gasteiger charge is 2.33. The van der Waals surface area contributed by atoms with E-state index in [9.17, 15) is 13.2 Å². The third-order valence-corrected chi connectivity index (χ3v) is 3.07. The Hall–Kier alpha value is -1.43. The Labute approximate surface area is 110 Å². The van der Waals surface area contributed by atoms with E-state index in [2.05, 4.69) is 5.32 Å². The smallest absolute Gasteiger partial charge is 0.398 e. The number of nitrogens with one attached hydrogen (secondary N) is 1. The van der Waals surface area contributed by atoms with Crippen LogP contribution < -0.4 is 11.1 Å². The van der Waals surface area contributed by atoms with Gasteiger partial charge in [-0.3, -0.25) is 0 Å². The van der Waals surface area contributed by atoms with Crippen LogP contribution in [0.5, 0.6) is 0 Å². The fraction of sp³-hybridized carbons (Fsp3) is 0.538. The van der Waals surface area contributed by atoms with E-state index in [0.29, 0.717) is 18.7 Å². The minimum Gasteiger partial charge on any atom is -0.398 e. The summed E-state index contributed by atoms with van der Waals surface area (Å²) < 4.78 is 38.0. The molecule has 0 amide bonds. The number of nitrogens with two attached hydrogens (primary N) is 1. The standard InChI is InChI=1S/C13H19F3N2O/c1-2-9(5-6-19)8-18-10-3-4-12(17)11(7-10)13(14,15)16/h3-4,7,9,18-19H,2,5-6,8,17H2,1H3. The summed E-state index contributed by atoms with van der Waals surface area (Å²) in [6.07, 6.45) is -2.96. The molecule has 108 valence electrons. The number of rotatable bonds is 6. The van der Waals surface area contributed by atoms with Crippen LogP contribution >= 0.6 is 0 Å². The fourth-order valence-electron chi connectivity index (χ4n) is 1.81. The zero-order chi connectivity index (χ0) is 14.5. The predicted molar refractivity (Wildman–Crippen MR) is 69.8 cm³/mol. The fourth-order valence-corrected chi connectivity index (χ4v) is 1.81. The minimum atomic E-state index is -4.45. The quantitative estimate of drug-likeness (QED) is 0.700. The first-order valence-electron chi connectivity index (χ1n) is 6.20. The first-order valence-corrected chi connectivity index (χ1v) is 6.20. The number of aliphatic hydroxyl groups excluding tert-OH is 1. The maximum Gasteiger partial charge on any atom is 0.418 e. The molecule has 0 radical (unpaired) electrons. The Morgan fingerprint density at radius 3 is 2.58 bits per heavy atom. The Balaban J connectivity index is 2.75. The van der Waals surface area contributed by atoms with Gasteiger partial charge in [-0.1, -0.05) is 13.3 Å². The van der Waals surface area contributed by atoms with Crippen LogP contribution in [0.3, 0.4) is 0 Å². The van der Waals surface area contributed by atoms with Gasteiger partial charge in [-0.25, -0.2) is 0 Å². The molecule has 0 heterocycles. The number of halogens is 3. The van der Waals surface area contributed by atoms with E-state index in [0.717, 1.165) is 12.5 Å². The zero-order valence-electron chi connectivity index (χ0n) is 10.8. The van der Waals surface area contributed by atoms with Crippen LogP contribution in [0.2, 0.25) is 0 Å². The van der Waals surface area contributed by atoms with Gasteiger partial charge in [0.05, 0.1) is 5.56 Å². The Kier molecular flexibility index (Phi) is 5.47. The third kappa shape index (κ3) is 4.63. The van der Waals surface area contributed by atoms with Crippen LogP contribution in [0.15, 0.2) is 18.2 Å². The minimum absolute atomic E-state index is 0.0791. The van der Waals surface area contributed by atoms with Gasteiger partial charge in [0.25, 0.3) is 0 Å². The van der Waals surface area contributed by atoms with Crippen molar-refractivity contribution in [1.29, 1.82) is 0 Å². The van der Waals surface area contributed by atoms with Gasteiger partial charge < -0.3 is 16.2 Å². The number of hydrogen-bond acceptors (Lipinski definition) is 3. The third-order valence-electron chi connectivity index (χ3n) is 3.07.